The van der Waals surface area contributed by atoms with Crippen molar-refractivity contribution in [3.8, 4) is 5.75 Å². The van der Waals surface area contributed by atoms with Crippen LogP contribution in [0, 0.1) is 0 Å². The number of hydrogen-bond acceptors (Lipinski definition) is 4. The van der Waals surface area contributed by atoms with Crippen LogP contribution in [0.3, 0.4) is 0 Å². The van der Waals surface area contributed by atoms with Crippen LogP contribution in [0.2, 0.25) is 0 Å². The van der Waals surface area contributed by atoms with E-state index in [2.05, 4.69) is 15.4 Å². The molecule has 1 aliphatic heterocycles. The average molecular weight is 389 g/mol. The number of carbonyl (C=O) groups is 2. The van der Waals surface area contributed by atoms with Crippen molar-refractivity contribution in [3.05, 3.63) is 54.1 Å². The molecule has 2 N–H and O–H groups in total. The van der Waals surface area contributed by atoms with Crippen LogP contribution in [0.5, 0.6) is 5.75 Å². The molecule has 3 rings (SSSR count). The normalized spacial score (nSPS) is 13.5. The predicted molar refractivity (Wildman–Crippen MR) is 102 cm³/mol. The van der Waals surface area contributed by atoms with Gasteiger partial charge in [0.25, 0.3) is 5.91 Å². The van der Waals surface area contributed by atoms with Crippen molar-refractivity contribution in [3.63, 3.8) is 0 Å². The summed E-state index contributed by atoms with van der Waals surface area (Å²) in [6.07, 6.45) is 2.09. The zero-order valence-corrected chi connectivity index (χ0v) is 15.2. The van der Waals surface area contributed by atoms with Gasteiger partial charge < -0.3 is 20.3 Å². The fraction of sp³-hybridized carbons (Fsp3) is 0.300. The zero-order chi connectivity index (χ0) is 19.9. The highest BCUT2D eigenvalue weighted by molar-refractivity contribution is 5.95. The molecule has 0 aliphatic carbocycles. The lowest BCUT2D eigenvalue weighted by Gasteiger charge is -2.15. The molecule has 0 atom stereocenters. The van der Waals surface area contributed by atoms with Gasteiger partial charge in [-0.05, 0) is 61.4 Å². The lowest BCUT2D eigenvalue weighted by Crippen LogP contribution is -2.27. The molecule has 0 aromatic heterocycles. The van der Waals surface area contributed by atoms with E-state index in [1.165, 1.54) is 24.3 Å². The lowest BCUT2D eigenvalue weighted by atomic mass is 10.2. The van der Waals surface area contributed by atoms with E-state index in [4.69, 9.17) is 0 Å². The number of alkyl halides is 2. The third kappa shape index (κ3) is 5.42. The minimum absolute atomic E-state index is 0.0225. The van der Waals surface area contributed by atoms with Crippen LogP contribution < -0.4 is 15.4 Å². The molecular formula is C20H21F2N3O3. The van der Waals surface area contributed by atoms with Crippen LogP contribution in [0.25, 0.3) is 0 Å². The van der Waals surface area contributed by atoms with Gasteiger partial charge in [0.05, 0.1) is 6.54 Å². The molecule has 28 heavy (non-hydrogen) atoms. The second kappa shape index (κ2) is 9.16. The molecule has 148 valence electrons. The van der Waals surface area contributed by atoms with Crippen LogP contribution in [0.1, 0.15) is 23.2 Å². The first-order valence-corrected chi connectivity index (χ1v) is 8.99. The minimum atomic E-state index is -2.89. The minimum Gasteiger partial charge on any atom is -0.435 e. The molecule has 1 heterocycles. The predicted octanol–water partition coefficient (Wildman–Crippen LogP) is 3.57. The summed E-state index contributed by atoms with van der Waals surface area (Å²) in [5.41, 5.74) is 1.82. The van der Waals surface area contributed by atoms with Crippen LogP contribution >= 0.6 is 0 Å². The van der Waals surface area contributed by atoms with E-state index in [-0.39, 0.29) is 24.1 Å². The molecule has 0 saturated carbocycles. The van der Waals surface area contributed by atoms with Crippen molar-refractivity contribution in [2.45, 2.75) is 19.5 Å². The van der Waals surface area contributed by atoms with Gasteiger partial charge in [-0.1, -0.05) is 0 Å². The van der Waals surface area contributed by atoms with Crippen molar-refractivity contribution in [1.82, 2.24) is 4.90 Å². The molecular weight excluding hydrogens is 368 g/mol. The standard InChI is InChI=1S/C20H21F2N3O3/c21-20(22)28-17-9-7-16(8-10-17)24-18(26)13-23-15-5-3-14(4-6-15)19(27)25-11-1-2-12-25/h3-10,20,23H,1-2,11-13H2,(H,24,26). The summed E-state index contributed by atoms with van der Waals surface area (Å²) in [6.45, 7) is -1.27. The second-order valence-corrected chi connectivity index (χ2v) is 6.38. The Hall–Kier alpha value is -3.16. The number of anilines is 2. The topological polar surface area (TPSA) is 70.7 Å². The molecule has 0 bridgehead atoms. The SMILES string of the molecule is O=C(CNc1ccc(C(=O)N2CCCC2)cc1)Nc1ccc(OC(F)F)cc1. The number of carbonyl (C=O) groups excluding carboxylic acids is 2. The molecule has 0 radical (unpaired) electrons. The molecule has 2 aromatic rings. The summed E-state index contributed by atoms with van der Waals surface area (Å²) in [4.78, 5) is 26.2. The quantitative estimate of drug-likeness (QED) is 0.760. The van der Waals surface area contributed by atoms with Crippen molar-refractivity contribution in [1.29, 1.82) is 0 Å². The van der Waals surface area contributed by atoms with Gasteiger partial charge in [-0.2, -0.15) is 8.78 Å². The third-order valence-electron chi connectivity index (χ3n) is 4.34. The summed E-state index contributed by atoms with van der Waals surface area (Å²) in [6, 6.07) is 12.7. The van der Waals surface area contributed by atoms with Gasteiger partial charge in [0, 0.05) is 30.0 Å². The Kier molecular flexibility index (Phi) is 6.41. The Labute approximate surface area is 161 Å². The largest absolute Gasteiger partial charge is 0.435 e. The van der Waals surface area contributed by atoms with E-state index < -0.39 is 6.61 Å². The van der Waals surface area contributed by atoms with Gasteiger partial charge in [0.2, 0.25) is 5.91 Å². The number of halogens is 2. The first-order chi connectivity index (χ1) is 13.5. The smallest absolute Gasteiger partial charge is 0.387 e. The molecule has 0 spiro atoms. The van der Waals surface area contributed by atoms with Gasteiger partial charge in [-0.3, -0.25) is 9.59 Å². The molecule has 1 fully saturated rings. The molecule has 6 nitrogen and oxygen atoms in total. The van der Waals surface area contributed by atoms with Gasteiger partial charge in [0.15, 0.2) is 0 Å². The van der Waals surface area contributed by atoms with E-state index >= 15 is 0 Å². The fourth-order valence-corrected chi connectivity index (χ4v) is 2.94. The number of hydrogen-bond donors (Lipinski definition) is 2. The van der Waals surface area contributed by atoms with Gasteiger partial charge >= 0.3 is 6.61 Å². The first kappa shape index (κ1) is 19.6. The number of benzene rings is 2. The van der Waals surface area contributed by atoms with Crippen LogP contribution in [-0.4, -0.2) is 43.0 Å². The highest BCUT2D eigenvalue weighted by Gasteiger charge is 2.19. The maximum Gasteiger partial charge on any atom is 0.387 e. The lowest BCUT2D eigenvalue weighted by molar-refractivity contribution is -0.114. The van der Waals surface area contributed by atoms with Crippen molar-refractivity contribution >= 4 is 23.2 Å². The van der Waals surface area contributed by atoms with Crippen molar-refractivity contribution in [2.24, 2.45) is 0 Å². The van der Waals surface area contributed by atoms with E-state index in [9.17, 15) is 18.4 Å². The molecule has 0 unspecified atom stereocenters. The Balaban J connectivity index is 1.47. The first-order valence-electron chi connectivity index (χ1n) is 8.99. The fourth-order valence-electron chi connectivity index (χ4n) is 2.94. The molecule has 2 amide bonds. The summed E-state index contributed by atoms with van der Waals surface area (Å²) < 4.78 is 28.5. The Morgan fingerprint density at radius 3 is 2.18 bits per heavy atom. The third-order valence-corrected chi connectivity index (χ3v) is 4.34. The van der Waals surface area contributed by atoms with Gasteiger partial charge in [-0.25, -0.2) is 0 Å². The van der Waals surface area contributed by atoms with Crippen molar-refractivity contribution < 1.29 is 23.1 Å². The van der Waals surface area contributed by atoms with Crippen LogP contribution in [0.4, 0.5) is 20.2 Å². The molecule has 8 heteroatoms. The van der Waals surface area contributed by atoms with E-state index in [0.717, 1.165) is 25.9 Å². The number of likely N-dealkylation sites (tertiary alicyclic amines) is 1. The molecule has 2 aromatic carbocycles. The van der Waals surface area contributed by atoms with Crippen LogP contribution in [-0.2, 0) is 4.79 Å². The number of ether oxygens (including phenoxy) is 1. The molecule has 1 saturated heterocycles. The summed E-state index contributed by atoms with van der Waals surface area (Å²) in [5.74, 6) is -0.240. The zero-order valence-electron chi connectivity index (χ0n) is 15.2. The highest BCUT2D eigenvalue weighted by atomic mass is 19.3. The maximum atomic E-state index is 12.3. The summed E-state index contributed by atoms with van der Waals surface area (Å²) in [5, 5.41) is 5.63. The summed E-state index contributed by atoms with van der Waals surface area (Å²) in [7, 11) is 0. The second-order valence-electron chi connectivity index (χ2n) is 6.38. The van der Waals surface area contributed by atoms with E-state index in [1.54, 1.807) is 24.3 Å². The monoisotopic (exact) mass is 389 g/mol. The van der Waals surface area contributed by atoms with E-state index in [1.807, 2.05) is 4.90 Å². The highest BCUT2D eigenvalue weighted by Crippen LogP contribution is 2.18. The summed E-state index contributed by atoms with van der Waals surface area (Å²) >= 11 is 0. The maximum absolute atomic E-state index is 12.3. The number of rotatable bonds is 7. The Morgan fingerprint density at radius 1 is 0.964 bits per heavy atom. The Bertz CT molecular complexity index is 804. The van der Waals surface area contributed by atoms with E-state index in [0.29, 0.717) is 16.9 Å². The Morgan fingerprint density at radius 2 is 1.57 bits per heavy atom. The van der Waals surface area contributed by atoms with Gasteiger partial charge in [-0.15, -0.1) is 0 Å². The number of nitrogens with zero attached hydrogens (tertiary/aromatic N) is 1. The van der Waals surface area contributed by atoms with Crippen LogP contribution in [0.15, 0.2) is 48.5 Å². The van der Waals surface area contributed by atoms with Gasteiger partial charge in [0.1, 0.15) is 5.75 Å². The average Bonchev–Trinajstić information content (AvgIpc) is 3.22. The number of amides is 2. The molecule has 1 aliphatic rings. The van der Waals surface area contributed by atoms with Crippen molar-refractivity contribution in [2.75, 3.05) is 30.3 Å². The number of nitrogens with one attached hydrogen (secondary N) is 2.